The van der Waals surface area contributed by atoms with E-state index in [1.165, 1.54) is 4.68 Å². The number of aryl methyl sites for hydroxylation is 1. The van der Waals surface area contributed by atoms with Crippen molar-refractivity contribution in [2.24, 2.45) is 0 Å². The van der Waals surface area contributed by atoms with E-state index in [0.717, 1.165) is 11.1 Å². The predicted octanol–water partition coefficient (Wildman–Crippen LogP) is 5.03. The second-order valence-electron chi connectivity index (χ2n) is 8.34. The number of carbonyl (C=O) groups is 1. The minimum Gasteiger partial charge on any atom is -0.497 e. The van der Waals surface area contributed by atoms with Crippen LogP contribution in [0.2, 0.25) is 0 Å². The van der Waals surface area contributed by atoms with Gasteiger partial charge in [-0.25, -0.2) is 4.68 Å². The van der Waals surface area contributed by atoms with E-state index in [2.05, 4.69) is 15.4 Å². The number of ether oxygens (including phenoxy) is 1. The maximum absolute atomic E-state index is 13.4. The fourth-order valence-corrected chi connectivity index (χ4v) is 4.59. The summed E-state index contributed by atoms with van der Waals surface area (Å²) in [4.78, 5) is 17.1. The molecule has 0 spiro atoms. The smallest absolute Gasteiger partial charge is 0.453 e. The van der Waals surface area contributed by atoms with Crippen LogP contribution in [0.15, 0.2) is 59.8 Å². The SMILES string of the molecule is COc1ccc([C@@H]2CC(=O)C3=C(C2)Nc2nc(C(F)(F)F)nn2[C@@H]3c2cccc(C)c2)cc1. The molecule has 0 saturated heterocycles. The van der Waals surface area contributed by atoms with E-state index in [1.54, 1.807) is 13.2 Å². The molecule has 1 aliphatic heterocycles. The van der Waals surface area contributed by atoms with Crippen LogP contribution >= 0.6 is 0 Å². The van der Waals surface area contributed by atoms with Crippen LogP contribution in [0.3, 0.4) is 0 Å². The Balaban J connectivity index is 1.60. The summed E-state index contributed by atoms with van der Waals surface area (Å²) >= 11 is 0. The number of methoxy groups -OCH3 is 1. The minimum absolute atomic E-state index is 0.0178. The number of ketones is 1. The Labute approximate surface area is 188 Å². The third-order valence-corrected chi connectivity index (χ3v) is 6.12. The van der Waals surface area contributed by atoms with E-state index in [4.69, 9.17) is 4.74 Å². The predicted molar refractivity (Wildman–Crippen MR) is 115 cm³/mol. The molecule has 1 aliphatic carbocycles. The number of benzene rings is 2. The molecule has 2 aliphatic rings. The molecule has 0 radical (unpaired) electrons. The zero-order valence-corrected chi connectivity index (χ0v) is 18.0. The van der Waals surface area contributed by atoms with Crippen LogP contribution in [-0.2, 0) is 11.0 Å². The Morgan fingerprint density at radius 1 is 1.09 bits per heavy atom. The Kier molecular flexibility index (Phi) is 4.99. The summed E-state index contributed by atoms with van der Waals surface area (Å²) in [5.41, 5.74) is 3.63. The molecule has 3 aromatic rings. The molecule has 170 valence electrons. The third kappa shape index (κ3) is 3.77. The largest absolute Gasteiger partial charge is 0.497 e. The number of allylic oxidation sites excluding steroid dienone is 2. The zero-order chi connectivity index (χ0) is 23.3. The number of alkyl halides is 3. The quantitative estimate of drug-likeness (QED) is 0.601. The Morgan fingerprint density at radius 2 is 1.85 bits per heavy atom. The van der Waals surface area contributed by atoms with E-state index in [1.807, 2.05) is 49.4 Å². The number of aromatic nitrogens is 3. The van der Waals surface area contributed by atoms with Crippen LogP contribution in [0.1, 0.15) is 47.3 Å². The van der Waals surface area contributed by atoms with Gasteiger partial charge in [-0.3, -0.25) is 4.79 Å². The second kappa shape index (κ2) is 7.75. The van der Waals surface area contributed by atoms with Crippen molar-refractivity contribution in [1.82, 2.24) is 14.8 Å². The lowest BCUT2D eigenvalue weighted by Crippen LogP contribution is -2.33. The molecule has 33 heavy (non-hydrogen) atoms. The van der Waals surface area contributed by atoms with E-state index in [9.17, 15) is 18.0 Å². The number of nitrogens with one attached hydrogen (secondary N) is 1. The van der Waals surface area contributed by atoms with Gasteiger partial charge in [0.05, 0.1) is 7.11 Å². The molecule has 0 saturated carbocycles. The molecule has 9 heteroatoms. The van der Waals surface area contributed by atoms with Gasteiger partial charge in [0.1, 0.15) is 11.8 Å². The topological polar surface area (TPSA) is 69.0 Å². The number of hydrogen-bond acceptors (Lipinski definition) is 5. The lowest BCUT2D eigenvalue weighted by Gasteiger charge is -2.35. The number of halogens is 3. The van der Waals surface area contributed by atoms with Crippen molar-refractivity contribution in [2.75, 3.05) is 12.4 Å². The average Bonchev–Trinajstić information content (AvgIpc) is 3.22. The van der Waals surface area contributed by atoms with Gasteiger partial charge in [0, 0.05) is 17.7 Å². The van der Waals surface area contributed by atoms with Crippen LogP contribution in [0.25, 0.3) is 0 Å². The third-order valence-electron chi connectivity index (χ3n) is 6.12. The first-order valence-electron chi connectivity index (χ1n) is 10.5. The fourth-order valence-electron chi connectivity index (χ4n) is 4.59. The molecule has 0 fully saturated rings. The lowest BCUT2D eigenvalue weighted by molar-refractivity contribution is -0.145. The average molecular weight is 454 g/mol. The molecule has 1 aromatic heterocycles. The summed E-state index contributed by atoms with van der Waals surface area (Å²) in [7, 11) is 1.58. The van der Waals surface area contributed by atoms with Crippen molar-refractivity contribution in [3.8, 4) is 5.75 Å². The molecule has 2 aromatic carbocycles. The summed E-state index contributed by atoms with van der Waals surface area (Å²) in [6, 6.07) is 14.1. The molecular weight excluding hydrogens is 433 g/mol. The minimum atomic E-state index is -4.70. The van der Waals surface area contributed by atoms with Crippen LogP contribution in [0, 0.1) is 6.92 Å². The number of rotatable bonds is 3. The maximum atomic E-state index is 13.4. The standard InChI is InChI=1S/C24H21F3N4O2/c1-13-4-3-5-15(10-13)21-20-18(28-23-29-22(24(25,26)27)30-31(21)23)11-16(12-19(20)32)14-6-8-17(33-2)9-7-14/h3-10,16,21H,11-12H2,1-2H3,(H,28,29,30)/t16-,21+/m0/s1. The maximum Gasteiger partial charge on any atom is 0.453 e. The van der Waals surface area contributed by atoms with E-state index >= 15 is 0 Å². The molecule has 2 atom stereocenters. The first-order chi connectivity index (χ1) is 15.7. The fraction of sp³-hybridized carbons (Fsp3) is 0.292. The summed E-state index contributed by atoms with van der Waals surface area (Å²) in [6.45, 7) is 1.89. The van der Waals surface area contributed by atoms with Crippen LogP contribution in [-0.4, -0.2) is 27.7 Å². The summed E-state index contributed by atoms with van der Waals surface area (Å²) in [5, 5.41) is 6.73. The van der Waals surface area contributed by atoms with E-state index in [0.29, 0.717) is 29.0 Å². The molecule has 1 N–H and O–H groups in total. The number of fused-ring (bicyclic) bond motifs is 1. The van der Waals surface area contributed by atoms with Crippen LogP contribution < -0.4 is 10.1 Å². The van der Waals surface area contributed by atoms with Gasteiger partial charge in [0.25, 0.3) is 5.82 Å². The summed E-state index contributed by atoms with van der Waals surface area (Å²) < 4.78 is 46.6. The van der Waals surface area contributed by atoms with Gasteiger partial charge in [-0.1, -0.05) is 42.0 Å². The van der Waals surface area contributed by atoms with Crippen molar-refractivity contribution < 1.29 is 22.7 Å². The molecule has 0 unspecified atom stereocenters. The van der Waals surface area contributed by atoms with Gasteiger partial charge in [0.2, 0.25) is 5.95 Å². The summed E-state index contributed by atoms with van der Waals surface area (Å²) in [5.74, 6) is -0.767. The lowest BCUT2D eigenvalue weighted by atomic mass is 9.78. The Morgan fingerprint density at radius 3 is 2.52 bits per heavy atom. The van der Waals surface area contributed by atoms with Crippen LogP contribution in [0.5, 0.6) is 5.75 Å². The number of nitrogens with zero attached hydrogens (tertiary/aromatic N) is 3. The van der Waals surface area contributed by atoms with Gasteiger partial charge in [0.15, 0.2) is 5.78 Å². The van der Waals surface area contributed by atoms with E-state index < -0.39 is 18.0 Å². The molecule has 5 rings (SSSR count). The highest BCUT2D eigenvalue weighted by molar-refractivity contribution is 6.00. The van der Waals surface area contributed by atoms with Crippen molar-refractivity contribution >= 4 is 11.7 Å². The summed E-state index contributed by atoms with van der Waals surface area (Å²) in [6.07, 6.45) is -3.96. The Bertz CT molecular complexity index is 1260. The first-order valence-corrected chi connectivity index (χ1v) is 10.5. The normalized spacial score (nSPS) is 20.2. The Hall–Kier alpha value is -3.62. The van der Waals surface area contributed by atoms with Gasteiger partial charge in [-0.15, -0.1) is 5.10 Å². The molecule has 6 nitrogen and oxygen atoms in total. The second-order valence-corrected chi connectivity index (χ2v) is 8.34. The monoisotopic (exact) mass is 454 g/mol. The number of Topliss-reactive ketones (excluding diaryl/α,β-unsaturated/α-hetero) is 1. The zero-order valence-electron chi connectivity index (χ0n) is 18.0. The van der Waals surface area contributed by atoms with Crippen molar-refractivity contribution in [3.05, 3.63) is 82.3 Å². The molecular formula is C24H21F3N4O2. The van der Waals surface area contributed by atoms with Gasteiger partial charge >= 0.3 is 6.18 Å². The molecule has 2 heterocycles. The highest BCUT2D eigenvalue weighted by Gasteiger charge is 2.43. The highest BCUT2D eigenvalue weighted by Crippen LogP contribution is 2.45. The van der Waals surface area contributed by atoms with Crippen molar-refractivity contribution in [3.63, 3.8) is 0 Å². The van der Waals surface area contributed by atoms with Gasteiger partial charge in [-0.2, -0.15) is 18.2 Å². The highest BCUT2D eigenvalue weighted by atomic mass is 19.4. The van der Waals surface area contributed by atoms with Crippen LogP contribution in [0.4, 0.5) is 19.1 Å². The number of carbonyl (C=O) groups excluding carboxylic acids is 1. The molecule has 0 bridgehead atoms. The first kappa shape index (κ1) is 21.2. The van der Waals surface area contributed by atoms with Gasteiger partial charge in [-0.05, 0) is 42.5 Å². The van der Waals surface area contributed by atoms with Crippen molar-refractivity contribution in [2.45, 2.75) is 37.9 Å². The number of anilines is 1. The van der Waals surface area contributed by atoms with Gasteiger partial charge < -0.3 is 10.1 Å². The van der Waals surface area contributed by atoms with E-state index in [-0.39, 0.29) is 24.1 Å². The number of hydrogen-bond donors (Lipinski definition) is 1. The molecule has 0 amide bonds. The van der Waals surface area contributed by atoms with Crippen molar-refractivity contribution in [1.29, 1.82) is 0 Å².